The molecule has 1 N–H and O–H groups in total. The Morgan fingerprint density at radius 3 is 2.47 bits per heavy atom. The maximum absolute atomic E-state index is 3.40. The fourth-order valence-electron chi connectivity index (χ4n) is 2.87. The minimum atomic E-state index is 0.740. The van der Waals surface area contributed by atoms with Crippen LogP contribution in [-0.2, 0) is 0 Å². The molecule has 0 unspecified atom stereocenters. The lowest BCUT2D eigenvalue weighted by molar-refractivity contribution is 0.191. The van der Waals surface area contributed by atoms with Gasteiger partial charge in [0.15, 0.2) is 0 Å². The minimum Gasteiger partial charge on any atom is -0.317 e. The molecule has 1 fully saturated rings. The summed E-state index contributed by atoms with van der Waals surface area (Å²) in [6.07, 6.45) is 9.76. The number of nitrogens with zero attached hydrogens (tertiary/aromatic N) is 1. The average molecular weight is 258 g/mol. The molecule has 0 atom stereocenters. The number of nitrogens with one attached hydrogen (secondary N) is 1. The van der Waals surface area contributed by atoms with Crippen LogP contribution < -0.4 is 5.32 Å². The van der Waals surface area contributed by atoms with Crippen molar-refractivity contribution in [3.63, 3.8) is 0 Å². The molecule has 0 saturated heterocycles. The van der Waals surface area contributed by atoms with E-state index in [-0.39, 0.29) is 0 Å². The molecular formula is C17H26N2. The van der Waals surface area contributed by atoms with Crippen LogP contribution in [0.2, 0.25) is 0 Å². The van der Waals surface area contributed by atoms with Crippen LogP contribution in [0.1, 0.15) is 31.2 Å². The topological polar surface area (TPSA) is 15.3 Å². The standard InChI is InChI=1S/C17H26N2/c1-18-16-10-12-17(13-11-16)19(2)14-6-9-15-7-4-3-5-8-15/h3-9,16-18H,10-14H2,1-2H3. The SMILES string of the molecule is CNC1CCC(N(C)CC=Cc2ccccc2)CC1. The summed E-state index contributed by atoms with van der Waals surface area (Å²) in [5, 5.41) is 3.40. The second kappa shape index (κ2) is 7.46. The van der Waals surface area contributed by atoms with Gasteiger partial charge in [0.25, 0.3) is 0 Å². The monoisotopic (exact) mass is 258 g/mol. The maximum Gasteiger partial charge on any atom is 0.0166 e. The molecule has 0 aromatic heterocycles. The Labute approximate surface area is 117 Å². The lowest BCUT2D eigenvalue weighted by atomic mass is 9.90. The highest BCUT2D eigenvalue weighted by molar-refractivity contribution is 5.48. The summed E-state index contributed by atoms with van der Waals surface area (Å²) >= 11 is 0. The molecule has 2 rings (SSSR count). The molecule has 19 heavy (non-hydrogen) atoms. The predicted octanol–water partition coefficient (Wildman–Crippen LogP) is 3.16. The summed E-state index contributed by atoms with van der Waals surface area (Å²) in [4.78, 5) is 2.49. The zero-order chi connectivity index (χ0) is 13.5. The summed E-state index contributed by atoms with van der Waals surface area (Å²) in [5.41, 5.74) is 1.29. The van der Waals surface area contributed by atoms with E-state index < -0.39 is 0 Å². The number of rotatable bonds is 5. The summed E-state index contributed by atoms with van der Waals surface area (Å²) in [5.74, 6) is 0. The van der Waals surface area contributed by atoms with Gasteiger partial charge < -0.3 is 5.32 Å². The van der Waals surface area contributed by atoms with Crippen molar-refractivity contribution in [1.29, 1.82) is 0 Å². The van der Waals surface area contributed by atoms with Crippen molar-refractivity contribution in [2.75, 3.05) is 20.6 Å². The van der Waals surface area contributed by atoms with E-state index >= 15 is 0 Å². The summed E-state index contributed by atoms with van der Waals surface area (Å²) in [7, 11) is 4.33. The number of hydrogen-bond donors (Lipinski definition) is 1. The summed E-state index contributed by atoms with van der Waals surface area (Å²) < 4.78 is 0. The number of likely N-dealkylation sites (N-methyl/N-ethyl adjacent to an activating group) is 1. The average Bonchev–Trinajstić information content (AvgIpc) is 2.48. The Morgan fingerprint density at radius 1 is 1.16 bits per heavy atom. The van der Waals surface area contributed by atoms with Crippen molar-refractivity contribution in [2.45, 2.75) is 37.8 Å². The highest BCUT2D eigenvalue weighted by atomic mass is 15.1. The van der Waals surface area contributed by atoms with Gasteiger partial charge in [-0.2, -0.15) is 0 Å². The molecule has 1 aliphatic carbocycles. The van der Waals surface area contributed by atoms with Crippen molar-refractivity contribution in [3.8, 4) is 0 Å². The van der Waals surface area contributed by atoms with Crippen molar-refractivity contribution < 1.29 is 0 Å². The number of hydrogen-bond acceptors (Lipinski definition) is 2. The van der Waals surface area contributed by atoms with Crippen LogP contribution >= 0.6 is 0 Å². The smallest absolute Gasteiger partial charge is 0.0166 e. The van der Waals surface area contributed by atoms with Crippen LogP contribution in [0.5, 0.6) is 0 Å². The maximum atomic E-state index is 3.40. The molecule has 0 bridgehead atoms. The third-order valence-electron chi connectivity index (χ3n) is 4.23. The van der Waals surface area contributed by atoms with Crippen LogP contribution in [0.4, 0.5) is 0 Å². The zero-order valence-electron chi connectivity index (χ0n) is 12.2. The summed E-state index contributed by atoms with van der Waals surface area (Å²) in [6.45, 7) is 1.05. The Balaban J connectivity index is 1.76. The first-order valence-corrected chi connectivity index (χ1v) is 7.38. The van der Waals surface area contributed by atoms with E-state index in [0.29, 0.717) is 0 Å². The van der Waals surface area contributed by atoms with E-state index in [1.54, 1.807) is 0 Å². The molecule has 2 heteroatoms. The molecule has 0 heterocycles. The van der Waals surface area contributed by atoms with Crippen LogP contribution in [0.25, 0.3) is 6.08 Å². The summed E-state index contributed by atoms with van der Waals surface area (Å²) in [6, 6.07) is 12.0. The minimum absolute atomic E-state index is 0.740. The Kier molecular flexibility index (Phi) is 5.62. The third kappa shape index (κ3) is 4.48. The first kappa shape index (κ1) is 14.3. The first-order chi connectivity index (χ1) is 9.29. The fourth-order valence-corrected chi connectivity index (χ4v) is 2.87. The molecule has 0 radical (unpaired) electrons. The van der Waals surface area contributed by atoms with Gasteiger partial charge in [-0.05, 0) is 45.3 Å². The van der Waals surface area contributed by atoms with Gasteiger partial charge in [0.2, 0.25) is 0 Å². The second-order valence-corrected chi connectivity index (χ2v) is 5.55. The Bertz CT molecular complexity index is 378. The molecule has 104 valence electrons. The van der Waals surface area contributed by atoms with E-state index in [9.17, 15) is 0 Å². The largest absolute Gasteiger partial charge is 0.317 e. The molecule has 1 aliphatic rings. The lowest BCUT2D eigenvalue weighted by Crippen LogP contribution is -2.39. The molecule has 0 amide bonds. The van der Waals surface area contributed by atoms with Crippen LogP contribution in [0, 0.1) is 0 Å². The van der Waals surface area contributed by atoms with Gasteiger partial charge >= 0.3 is 0 Å². The molecule has 1 saturated carbocycles. The van der Waals surface area contributed by atoms with Gasteiger partial charge in [-0.1, -0.05) is 42.5 Å². The first-order valence-electron chi connectivity index (χ1n) is 7.38. The van der Waals surface area contributed by atoms with Crippen molar-refractivity contribution >= 4 is 6.08 Å². The normalized spacial score (nSPS) is 24.2. The predicted molar refractivity (Wildman–Crippen MR) is 83.2 cm³/mol. The van der Waals surface area contributed by atoms with Gasteiger partial charge in [-0.3, -0.25) is 4.90 Å². The van der Waals surface area contributed by atoms with Crippen LogP contribution in [0.3, 0.4) is 0 Å². The van der Waals surface area contributed by atoms with E-state index in [2.05, 4.69) is 66.8 Å². The van der Waals surface area contributed by atoms with Gasteiger partial charge in [-0.15, -0.1) is 0 Å². The molecule has 1 aromatic carbocycles. The van der Waals surface area contributed by atoms with E-state index in [4.69, 9.17) is 0 Å². The fraction of sp³-hybridized carbons (Fsp3) is 0.529. The highest BCUT2D eigenvalue weighted by Crippen LogP contribution is 2.22. The van der Waals surface area contributed by atoms with Gasteiger partial charge in [0, 0.05) is 18.6 Å². The lowest BCUT2D eigenvalue weighted by Gasteiger charge is -2.34. The van der Waals surface area contributed by atoms with Crippen LogP contribution in [-0.4, -0.2) is 37.6 Å². The van der Waals surface area contributed by atoms with Crippen molar-refractivity contribution in [1.82, 2.24) is 10.2 Å². The van der Waals surface area contributed by atoms with Crippen molar-refractivity contribution in [3.05, 3.63) is 42.0 Å². The quantitative estimate of drug-likeness (QED) is 0.872. The third-order valence-corrected chi connectivity index (χ3v) is 4.23. The molecule has 1 aromatic rings. The van der Waals surface area contributed by atoms with E-state index in [1.165, 1.54) is 31.2 Å². The Hall–Kier alpha value is -1.12. The van der Waals surface area contributed by atoms with Crippen molar-refractivity contribution in [2.24, 2.45) is 0 Å². The Morgan fingerprint density at radius 2 is 1.84 bits per heavy atom. The second-order valence-electron chi connectivity index (χ2n) is 5.55. The van der Waals surface area contributed by atoms with Gasteiger partial charge in [0.1, 0.15) is 0 Å². The molecule has 2 nitrogen and oxygen atoms in total. The molecule has 0 spiro atoms. The number of benzene rings is 1. The zero-order valence-corrected chi connectivity index (χ0v) is 12.2. The van der Waals surface area contributed by atoms with E-state index in [1.807, 2.05) is 0 Å². The van der Waals surface area contributed by atoms with Gasteiger partial charge in [0.05, 0.1) is 0 Å². The molecule has 0 aliphatic heterocycles. The van der Waals surface area contributed by atoms with Gasteiger partial charge in [-0.25, -0.2) is 0 Å². The highest BCUT2D eigenvalue weighted by Gasteiger charge is 2.22. The van der Waals surface area contributed by atoms with Crippen LogP contribution in [0.15, 0.2) is 36.4 Å². The molecular weight excluding hydrogens is 232 g/mol. The van der Waals surface area contributed by atoms with E-state index in [0.717, 1.165) is 18.6 Å².